The molecule has 1 amide bonds. The van der Waals surface area contributed by atoms with Gasteiger partial charge < -0.3 is 10.0 Å². The molecule has 3 rings (SSSR count). The molecule has 2 aliphatic rings. The maximum atomic E-state index is 12.8. The fourth-order valence-electron chi connectivity index (χ4n) is 3.83. The molecule has 1 N–H and O–H groups in total. The Morgan fingerprint density at radius 2 is 2.21 bits per heavy atom. The predicted molar refractivity (Wildman–Crippen MR) is 90.0 cm³/mol. The Bertz CT molecular complexity index is 649. The fourth-order valence-corrected chi connectivity index (χ4v) is 3.83. The molecule has 2 atom stereocenters. The summed E-state index contributed by atoms with van der Waals surface area (Å²) >= 11 is 0. The topological polar surface area (TPSA) is 86.9 Å². The van der Waals surface area contributed by atoms with E-state index in [4.69, 9.17) is 0 Å². The van der Waals surface area contributed by atoms with Crippen molar-refractivity contribution in [3.63, 3.8) is 0 Å². The van der Waals surface area contributed by atoms with E-state index in [1.54, 1.807) is 11.0 Å². The number of likely N-dealkylation sites (tertiary alicyclic amines) is 1. The molecule has 7 nitrogen and oxygen atoms in total. The second-order valence-corrected chi connectivity index (χ2v) is 6.71. The van der Waals surface area contributed by atoms with Crippen LogP contribution in [0.5, 0.6) is 0 Å². The van der Waals surface area contributed by atoms with E-state index in [9.17, 15) is 20.0 Å². The van der Waals surface area contributed by atoms with E-state index in [-0.39, 0.29) is 30.8 Å². The van der Waals surface area contributed by atoms with Gasteiger partial charge in [0, 0.05) is 24.7 Å². The number of hydrogen-bond acceptors (Lipinski definition) is 5. The molecular weight excluding hydrogens is 310 g/mol. The molecule has 0 aliphatic carbocycles. The van der Waals surface area contributed by atoms with E-state index in [1.165, 1.54) is 12.1 Å². The van der Waals surface area contributed by atoms with Gasteiger partial charge in [-0.25, -0.2) is 0 Å². The maximum Gasteiger partial charge on any atom is 0.271 e. The second-order valence-electron chi connectivity index (χ2n) is 6.71. The number of nitro groups is 1. The molecule has 0 radical (unpaired) electrons. The van der Waals surface area contributed by atoms with Crippen LogP contribution in [0, 0.1) is 16.0 Å². The highest BCUT2D eigenvalue weighted by Gasteiger charge is 2.32. The molecule has 2 heterocycles. The Hall–Kier alpha value is -1.99. The van der Waals surface area contributed by atoms with Gasteiger partial charge in [-0.05, 0) is 37.3 Å². The van der Waals surface area contributed by atoms with Crippen molar-refractivity contribution in [1.29, 1.82) is 0 Å². The number of nitrogens with zero attached hydrogens (tertiary/aromatic N) is 3. The van der Waals surface area contributed by atoms with Crippen molar-refractivity contribution in [2.75, 3.05) is 31.1 Å². The molecule has 0 saturated carbocycles. The quantitative estimate of drug-likeness (QED) is 0.668. The minimum absolute atomic E-state index is 0.00767. The second kappa shape index (κ2) is 6.86. The van der Waals surface area contributed by atoms with Gasteiger partial charge in [0.1, 0.15) is 0 Å². The Balaban J connectivity index is 1.75. The van der Waals surface area contributed by atoms with Crippen LogP contribution in [0.2, 0.25) is 0 Å². The summed E-state index contributed by atoms with van der Waals surface area (Å²) in [6.45, 7) is 3.76. The number of aliphatic hydroxyl groups is 1. The van der Waals surface area contributed by atoms with Gasteiger partial charge in [-0.2, -0.15) is 0 Å². The molecule has 0 spiro atoms. The number of aliphatic hydroxyl groups excluding tert-OH is 1. The van der Waals surface area contributed by atoms with Crippen LogP contribution in [-0.2, 0) is 11.2 Å². The van der Waals surface area contributed by atoms with Gasteiger partial charge in [-0.1, -0.05) is 13.0 Å². The van der Waals surface area contributed by atoms with E-state index in [2.05, 4.69) is 6.92 Å². The lowest BCUT2D eigenvalue weighted by molar-refractivity contribution is -0.384. The normalized spacial score (nSPS) is 24.0. The molecule has 7 heteroatoms. The third kappa shape index (κ3) is 3.14. The Kier molecular flexibility index (Phi) is 4.82. The van der Waals surface area contributed by atoms with Crippen LogP contribution in [0.25, 0.3) is 0 Å². The maximum absolute atomic E-state index is 12.8. The van der Waals surface area contributed by atoms with E-state index >= 15 is 0 Å². The predicted octanol–water partition coefficient (Wildman–Crippen LogP) is 1.58. The lowest BCUT2D eigenvalue weighted by Crippen LogP contribution is -2.51. The van der Waals surface area contributed by atoms with Crippen molar-refractivity contribution in [3.8, 4) is 0 Å². The molecule has 2 aliphatic heterocycles. The van der Waals surface area contributed by atoms with Crippen molar-refractivity contribution in [2.24, 2.45) is 5.92 Å². The number of piperidine rings is 1. The van der Waals surface area contributed by atoms with Gasteiger partial charge in [-0.3, -0.25) is 19.8 Å². The summed E-state index contributed by atoms with van der Waals surface area (Å²) in [5, 5.41) is 20.6. The van der Waals surface area contributed by atoms with Crippen molar-refractivity contribution >= 4 is 17.3 Å². The Morgan fingerprint density at radius 1 is 1.42 bits per heavy atom. The van der Waals surface area contributed by atoms with Crippen LogP contribution in [0.1, 0.15) is 25.3 Å². The zero-order valence-electron chi connectivity index (χ0n) is 13.9. The zero-order valence-corrected chi connectivity index (χ0v) is 13.9. The molecule has 0 aromatic heterocycles. The van der Waals surface area contributed by atoms with Crippen molar-refractivity contribution < 1.29 is 14.8 Å². The Morgan fingerprint density at radius 3 is 2.92 bits per heavy atom. The summed E-state index contributed by atoms with van der Waals surface area (Å²) in [6, 6.07) is 4.72. The van der Waals surface area contributed by atoms with Crippen molar-refractivity contribution in [3.05, 3.63) is 33.9 Å². The summed E-state index contributed by atoms with van der Waals surface area (Å²) in [6.07, 6.45) is 2.81. The van der Waals surface area contributed by atoms with Crippen LogP contribution < -0.4 is 4.90 Å². The number of hydrogen-bond donors (Lipinski definition) is 1. The third-order valence-corrected chi connectivity index (χ3v) is 5.23. The number of benzene rings is 1. The first-order valence-electron chi connectivity index (χ1n) is 8.44. The van der Waals surface area contributed by atoms with Crippen LogP contribution in [-0.4, -0.2) is 53.1 Å². The third-order valence-electron chi connectivity index (χ3n) is 5.23. The highest BCUT2D eigenvalue weighted by molar-refractivity contribution is 5.97. The van der Waals surface area contributed by atoms with Gasteiger partial charge in [0.05, 0.1) is 23.8 Å². The van der Waals surface area contributed by atoms with Gasteiger partial charge in [0.15, 0.2) is 0 Å². The lowest BCUT2D eigenvalue weighted by atomic mass is 9.91. The molecule has 1 fully saturated rings. The first-order valence-corrected chi connectivity index (χ1v) is 8.44. The molecule has 1 saturated heterocycles. The van der Waals surface area contributed by atoms with E-state index in [0.717, 1.165) is 31.4 Å². The highest BCUT2D eigenvalue weighted by Crippen LogP contribution is 2.32. The minimum Gasteiger partial charge on any atom is -0.395 e. The number of carbonyl (C=O) groups excluding carboxylic acids is 1. The Labute approximate surface area is 141 Å². The lowest BCUT2D eigenvalue weighted by Gasteiger charge is -2.39. The first-order chi connectivity index (χ1) is 11.5. The standard InChI is InChI=1S/C17H23N3O4/c1-12-3-2-7-18(16(12)11-21)10-17(22)19-8-6-13-4-5-14(20(23)24)9-15(13)19/h4-5,9,12,16,21H,2-3,6-8,10-11H2,1H3. The number of fused-ring (bicyclic) bond motifs is 1. The molecule has 24 heavy (non-hydrogen) atoms. The fraction of sp³-hybridized carbons (Fsp3) is 0.588. The molecule has 1 aromatic carbocycles. The van der Waals surface area contributed by atoms with Crippen molar-refractivity contribution in [2.45, 2.75) is 32.2 Å². The molecule has 0 bridgehead atoms. The van der Waals surface area contributed by atoms with E-state index in [1.807, 2.05) is 4.90 Å². The van der Waals surface area contributed by atoms with Crippen LogP contribution in [0.3, 0.4) is 0 Å². The van der Waals surface area contributed by atoms with Crippen molar-refractivity contribution in [1.82, 2.24) is 4.90 Å². The van der Waals surface area contributed by atoms with Crippen LogP contribution in [0.4, 0.5) is 11.4 Å². The van der Waals surface area contributed by atoms with Gasteiger partial charge in [0.2, 0.25) is 5.91 Å². The number of anilines is 1. The number of carbonyl (C=O) groups is 1. The average molecular weight is 333 g/mol. The average Bonchev–Trinajstić information content (AvgIpc) is 2.98. The number of amides is 1. The molecule has 130 valence electrons. The van der Waals surface area contributed by atoms with Crippen LogP contribution in [0.15, 0.2) is 18.2 Å². The monoisotopic (exact) mass is 333 g/mol. The van der Waals surface area contributed by atoms with E-state index in [0.29, 0.717) is 18.2 Å². The first kappa shape index (κ1) is 16.9. The van der Waals surface area contributed by atoms with Gasteiger partial charge in [0.25, 0.3) is 5.69 Å². The zero-order chi connectivity index (χ0) is 17.3. The number of rotatable bonds is 4. The smallest absolute Gasteiger partial charge is 0.271 e. The number of nitro benzene ring substituents is 1. The van der Waals surface area contributed by atoms with Gasteiger partial charge in [-0.15, -0.1) is 0 Å². The largest absolute Gasteiger partial charge is 0.395 e. The summed E-state index contributed by atoms with van der Waals surface area (Å²) in [4.78, 5) is 27.0. The highest BCUT2D eigenvalue weighted by atomic mass is 16.6. The SMILES string of the molecule is CC1CCCN(CC(=O)N2CCc3ccc([N+](=O)[O-])cc32)C1CO. The molecule has 1 aromatic rings. The summed E-state index contributed by atoms with van der Waals surface area (Å²) < 4.78 is 0. The summed E-state index contributed by atoms with van der Waals surface area (Å²) in [5.41, 5.74) is 1.63. The molecular formula is C17H23N3O4. The molecule has 2 unspecified atom stereocenters. The summed E-state index contributed by atoms with van der Waals surface area (Å²) in [7, 11) is 0. The van der Waals surface area contributed by atoms with Gasteiger partial charge >= 0.3 is 0 Å². The minimum atomic E-state index is -0.435. The number of non-ortho nitro benzene ring substituents is 1. The van der Waals surface area contributed by atoms with Crippen LogP contribution >= 0.6 is 0 Å². The summed E-state index contributed by atoms with van der Waals surface area (Å²) in [5.74, 6) is 0.310. The van der Waals surface area contributed by atoms with E-state index < -0.39 is 4.92 Å².